The van der Waals surface area contributed by atoms with Gasteiger partial charge in [-0.25, -0.2) is 14.4 Å². The summed E-state index contributed by atoms with van der Waals surface area (Å²) in [6.07, 6.45) is 2.84. The molecule has 1 aromatic carbocycles. The number of thiazole rings is 1. The fraction of sp³-hybridized carbons (Fsp3) is 0.353. The Morgan fingerprint density at radius 2 is 2.16 bits per heavy atom. The predicted molar refractivity (Wildman–Crippen MR) is 99.3 cm³/mol. The smallest absolute Gasteiger partial charge is 0.246 e. The quantitative estimate of drug-likeness (QED) is 0.522. The fourth-order valence-corrected chi connectivity index (χ4v) is 2.81. The second-order valence-corrected chi connectivity index (χ2v) is 6.38. The molecule has 2 aromatic rings. The van der Waals surface area contributed by atoms with Gasteiger partial charge in [-0.15, -0.1) is 11.3 Å². The molecule has 0 aliphatic carbocycles. The van der Waals surface area contributed by atoms with E-state index in [1.165, 1.54) is 17.0 Å². The van der Waals surface area contributed by atoms with Gasteiger partial charge in [-0.05, 0) is 31.5 Å². The molecular formula is C17H22FN5OS. The Bertz CT molecular complexity index is 731. The van der Waals surface area contributed by atoms with E-state index in [4.69, 9.17) is 0 Å². The largest absolute Gasteiger partial charge is 0.357 e. The maximum Gasteiger partial charge on any atom is 0.246 e. The van der Waals surface area contributed by atoms with Gasteiger partial charge in [0.1, 0.15) is 17.4 Å². The maximum absolute atomic E-state index is 13.1. The lowest BCUT2D eigenvalue weighted by Crippen LogP contribution is -2.37. The minimum absolute atomic E-state index is 0.0655. The summed E-state index contributed by atoms with van der Waals surface area (Å²) in [4.78, 5) is 21.7. The topological polar surface area (TPSA) is 78.4 Å². The minimum atomic E-state index is -0.397. The van der Waals surface area contributed by atoms with Crippen LogP contribution in [0.5, 0.6) is 0 Å². The second kappa shape index (κ2) is 9.73. The van der Waals surface area contributed by atoms with E-state index in [1.807, 2.05) is 13.1 Å². The number of halogens is 1. The van der Waals surface area contributed by atoms with Gasteiger partial charge >= 0.3 is 0 Å². The zero-order valence-electron chi connectivity index (χ0n) is 14.3. The van der Waals surface area contributed by atoms with Gasteiger partial charge < -0.3 is 16.0 Å². The molecule has 25 heavy (non-hydrogen) atoms. The number of nitrogens with zero attached hydrogens (tertiary/aromatic N) is 2. The molecule has 1 amide bonds. The molecule has 2 rings (SSSR count). The van der Waals surface area contributed by atoms with Crippen LogP contribution in [0, 0.1) is 5.82 Å². The predicted octanol–water partition coefficient (Wildman–Crippen LogP) is 2.54. The van der Waals surface area contributed by atoms with Crippen molar-refractivity contribution in [2.75, 3.05) is 18.4 Å². The van der Waals surface area contributed by atoms with E-state index in [1.54, 1.807) is 23.5 Å². The molecule has 0 fully saturated rings. The average Bonchev–Trinajstić information content (AvgIpc) is 3.05. The highest BCUT2D eigenvalue weighted by Gasteiger charge is 2.05. The number of amides is 1. The summed E-state index contributed by atoms with van der Waals surface area (Å²) in [7, 11) is 0. The Balaban J connectivity index is 1.88. The molecule has 8 heteroatoms. The highest BCUT2D eigenvalue weighted by atomic mass is 32.1. The van der Waals surface area contributed by atoms with Gasteiger partial charge in [0.05, 0.1) is 6.54 Å². The number of aryl methyl sites for hydroxylation is 1. The van der Waals surface area contributed by atoms with Crippen molar-refractivity contribution in [3.63, 3.8) is 0 Å². The number of benzene rings is 1. The van der Waals surface area contributed by atoms with Gasteiger partial charge in [0, 0.05) is 23.3 Å². The van der Waals surface area contributed by atoms with E-state index < -0.39 is 5.82 Å². The van der Waals surface area contributed by atoms with Crippen molar-refractivity contribution in [3.8, 4) is 0 Å². The molecular weight excluding hydrogens is 341 g/mol. The van der Waals surface area contributed by atoms with Crippen molar-refractivity contribution in [2.45, 2.75) is 26.8 Å². The van der Waals surface area contributed by atoms with Gasteiger partial charge in [-0.1, -0.05) is 13.0 Å². The molecule has 0 bridgehead atoms. The highest BCUT2D eigenvalue weighted by Crippen LogP contribution is 2.12. The normalized spacial score (nSPS) is 11.2. The van der Waals surface area contributed by atoms with Crippen molar-refractivity contribution in [3.05, 3.63) is 46.2 Å². The highest BCUT2D eigenvalue weighted by molar-refractivity contribution is 7.11. The van der Waals surface area contributed by atoms with Gasteiger partial charge in [0.25, 0.3) is 0 Å². The summed E-state index contributed by atoms with van der Waals surface area (Å²) in [6.45, 7) is 5.19. The lowest BCUT2D eigenvalue weighted by molar-refractivity contribution is -0.114. The summed E-state index contributed by atoms with van der Waals surface area (Å²) < 4.78 is 13.1. The number of hydrogen-bond acceptors (Lipinski definition) is 4. The molecule has 0 spiro atoms. The summed E-state index contributed by atoms with van der Waals surface area (Å²) in [5.74, 6) is -0.179. The number of aromatic nitrogens is 1. The zero-order chi connectivity index (χ0) is 18.1. The summed E-state index contributed by atoms with van der Waals surface area (Å²) in [6, 6.07) is 5.75. The maximum atomic E-state index is 13.1. The van der Waals surface area contributed by atoms with Gasteiger partial charge in [-0.3, -0.25) is 4.79 Å². The molecule has 0 unspecified atom stereocenters. The molecule has 0 aliphatic heterocycles. The average molecular weight is 363 g/mol. The molecule has 0 atom stereocenters. The number of anilines is 1. The zero-order valence-corrected chi connectivity index (χ0v) is 15.1. The number of hydrogen-bond donors (Lipinski definition) is 3. The van der Waals surface area contributed by atoms with Crippen molar-refractivity contribution in [1.82, 2.24) is 15.6 Å². The van der Waals surface area contributed by atoms with Crippen LogP contribution in [0.1, 0.15) is 23.7 Å². The Morgan fingerprint density at radius 1 is 1.32 bits per heavy atom. The van der Waals surface area contributed by atoms with E-state index in [2.05, 4.69) is 32.9 Å². The molecule has 1 heterocycles. The lowest BCUT2D eigenvalue weighted by Gasteiger charge is -2.10. The van der Waals surface area contributed by atoms with Crippen LogP contribution in [0.3, 0.4) is 0 Å². The van der Waals surface area contributed by atoms with E-state index in [0.717, 1.165) is 11.4 Å². The number of nitrogens with one attached hydrogen (secondary N) is 3. The summed E-state index contributed by atoms with van der Waals surface area (Å²) in [5.41, 5.74) is 0.410. The Labute approximate surface area is 150 Å². The number of carbonyl (C=O) groups is 1. The molecule has 0 radical (unpaired) electrons. The number of carbonyl (C=O) groups excluding carboxylic acids is 1. The number of aliphatic imine (C=N–C) groups is 1. The molecule has 6 nitrogen and oxygen atoms in total. The Morgan fingerprint density at radius 3 is 2.84 bits per heavy atom. The third-order valence-electron chi connectivity index (χ3n) is 3.19. The molecule has 0 saturated heterocycles. The first-order chi connectivity index (χ1) is 12.1. The fourth-order valence-electron chi connectivity index (χ4n) is 2.01. The Kier molecular flexibility index (Phi) is 7.34. The molecule has 134 valence electrons. The van der Waals surface area contributed by atoms with Crippen LogP contribution >= 0.6 is 11.3 Å². The van der Waals surface area contributed by atoms with Gasteiger partial charge in [-0.2, -0.15) is 0 Å². The first-order valence-corrected chi connectivity index (χ1v) is 8.93. The van der Waals surface area contributed by atoms with Crippen LogP contribution in [-0.2, 0) is 17.8 Å². The SMILES string of the molecule is CCNC(=NCC(=O)Nc1cccc(F)c1)NCc1ncc(CC)s1. The monoisotopic (exact) mass is 363 g/mol. The summed E-state index contributed by atoms with van der Waals surface area (Å²) >= 11 is 1.65. The van der Waals surface area contributed by atoms with Crippen molar-refractivity contribution in [2.24, 2.45) is 4.99 Å². The van der Waals surface area contributed by atoms with E-state index in [-0.39, 0.29) is 12.5 Å². The molecule has 3 N–H and O–H groups in total. The third-order valence-corrected chi connectivity index (χ3v) is 4.33. The van der Waals surface area contributed by atoms with Crippen molar-refractivity contribution >= 4 is 28.9 Å². The first kappa shape index (κ1) is 18.9. The Hall–Kier alpha value is -2.48. The van der Waals surface area contributed by atoms with Gasteiger partial charge in [0.2, 0.25) is 5.91 Å². The second-order valence-electron chi connectivity index (χ2n) is 5.18. The van der Waals surface area contributed by atoms with Crippen LogP contribution in [0.25, 0.3) is 0 Å². The van der Waals surface area contributed by atoms with Crippen LogP contribution in [0.4, 0.5) is 10.1 Å². The number of guanidine groups is 1. The third kappa shape index (κ3) is 6.50. The standard InChI is InChI=1S/C17H22FN5OS/c1-3-14-9-20-16(25-14)11-22-17(19-4-2)21-10-15(24)23-13-7-5-6-12(18)8-13/h5-9H,3-4,10-11H2,1-2H3,(H,23,24)(H2,19,21,22). The van der Waals surface area contributed by atoms with Crippen LogP contribution in [-0.4, -0.2) is 29.9 Å². The van der Waals surface area contributed by atoms with Crippen molar-refractivity contribution in [1.29, 1.82) is 0 Å². The van der Waals surface area contributed by atoms with E-state index >= 15 is 0 Å². The minimum Gasteiger partial charge on any atom is -0.357 e. The first-order valence-electron chi connectivity index (χ1n) is 8.12. The number of rotatable bonds is 7. The molecule has 0 saturated carbocycles. The van der Waals surface area contributed by atoms with E-state index in [9.17, 15) is 9.18 Å². The van der Waals surface area contributed by atoms with Crippen LogP contribution < -0.4 is 16.0 Å². The van der Waals surface area contributed by atoms with Crippen LogP contribution in [0.15, 0.2) is 35.5 Å². The van der Waals surface area contributed by atoms with E-state index in [0.29, 0.717) is 24.7 Å². The molecule has 1 aromatic heterocycles. The lowest BCUT2D eigenvalue weighted by atomic mass is 10.3. The van der Waals surface area contributed by atoms with Crippen LogP contribution in [0.2, 0.25) is 0 Å². The van der Waals surface area contributed by atoms with Gasteiger partial charge in [0.15, 0.2) is 5.96 Å². The van der Waals surface area contributed by atoms with Crippen molar-refractivity contribution < 1.29 is 9.18 Å². The molecule has 0 aliphatic rings. The summed E-state index contributed by atoms with van der Waals surface area (Å²) in [5, 5.41) is 9.80.